The molecule has 6 heteroatoms. The molecule has 1 N–H and O–H groups in total. The van der Waals surface area contributed by atoms with Gasteiger partial charge in [-0.3, -0.25) is 4.79 Å². The molecule has 6 nitrogen and oxygen atoms in total. The van der Waals surface area contributed by atoms with E-state index in [-0.39, 0.29) is 31.3 Å². The van der Waals surface area contributed by atoms with Gasteiger partial charge < -0.3 is 19.5 Å². The second-order valence-electron chi connectivity index (χ2n) is 4.64. The standard InChI is InChI=1S/C12H21NO5/c1-9(2)17-7-11(14)13-5-3-10(4-6-13)18-8-12(15)16/h9-10H,3-8H2,1-2H3,(H,15,16). The van der Waals surface area contributed by atoms with Gasteiger partial charge in [-0.15, -0.1) is 0 Å². The molecule has 0 bridgehead atoms. The summed E-state index contributed by atoms with van der Waals surface area (Å²) in [5.74, 6) is -0.973. The third kappa shape index (κ3) is 5.46. The van der Waals surface area contributed by atoms with Gasteiger partial charge in [0.25, 0.3) is 0 Å². The summed E-state index contributed by atoms with van der Waals surface area (Å²) in [4.78, 5) is 23.8. The van der Waals surface area contributed by atoms with E-state index in [1.807, 2.05) is 13.8 Å². The van der Waals surface area contributed by atoms with Gasteiger partial charge in [-0.25, -0.2) is 4.79 Å². The quantitative estimate of drug-likeness (QED) is 0.752. The second kappa shape index (κ2) is 7.33. The summed E-state index contributed by atoms with van der Waals surface area (Å²) in [6.07, 6.45) is 1.35. The number of aliphatic carboxylic acids is 1. The maximum absolute atomic E-state index is 11.7. The first-order valence-corrected chi connectivity index (χ1v) is 6.21. The van der Waals surface area contributed by atoms with Crippen LogP contribution in [0.1, 0.15) is 26.7 Å². The van der Waals surface area contributed by atoms with Crippen molar-refractivity contribution in [2.45, 2.75) is 38.9 Å². The molecule has 1 fully saturated rings. The van der Waals surface area contributed by atoms with Crippen LogP contribution in [0.3, 0.4) is 0 Å². The molecule has 1 aliphatic rings. The third-order valence-electron chi connectivity index (χ3n) is 2.78. The topological polar surface area (TPSA) is 76.1 Å². The number of piperidine rings is 1. The van der Waals surface area contributed by atoms with Gasteiger partial charge in [-0.1, -0.05) is 0 Å². The molecule has 0 aromatic heterocycles. The van der Waals surface area contributed by atoms with Crippen LogP contribution in [0.15, 0.2) is 0 Å². The minimum absolute atomic E-state index is 0.0135. The Morgan fingerprint density at radius 2 is 1.89 bits per heavy atom. The first-order valence-electron chi connectivity index (χ1n) is 6.21. The number of carboxylic acid groups (broad SMARTS) is 1. The summed E-state index contributed by atoms with van der Waals surface area (Å²) in [6.45, 7) is 4.82. The number of ether oxygens (including phenoxy) is 2. The number of carbonyl (C=O) groups excluding carboxylic acids is 1. The van der Waals surface area contributed by atoms with Crippen molar-refractivity contribution in [2.75, 3.05) is 26.3 Å². The molecule has 0 spiro atoms. The SMILES string of the molecule is CC(C)OCC(=O)N1CCC(OCC(=O)O)CC1. The largest absolute Gasteiger partial charge is 0.480 e. The van der Waals surface area contributed by atoms with Crippen molar-refractivity contribution in [2.24, 2.45) is 0 Å². The minimum atomic E-state index is -0.959. The van der Waals surface area contributed by atoms with Gasteiger partial charge in [-0.2, -0.15) is 0 Å². The molecule has 1 rings (SSSR count). The summed E-state index contributed by atoms with van der Waals surface area (Å²) >= 11 is 0. The number of likely N-dealkylation sites (tertiary alicyclic amines) is 1. The predicted molar refractivity (Wildman–Crippen MR) is 64.3 cm³/mol. The van der Waals surface area contributed by atoms with Crippen molar-refractivity contribution in [1.82, 2.24) is 4.90 Å². The van der Waals surface area contributed by atoms with E-state index in [4.69, 9.17) is 14.6 Å². The Labute approximate surface area is 107 Å². The van der Waals surface area contributed by atoms with Crippen LogP contribution in [0, 0.1) is 0 Å². The van der Waals surface area contributed by atoms with Gasteiger partial charge in [0, 0.05) is 13.1 Å². The molecule has 0 radical (unpaired) electrons. The number of rotatable bonds is 6. The Hall–Kier alpha value is -1.14. The molecule has 0 saturated carbocycles. The predicted octanol–water partition coefficient (Wildman–Crippen LogP) is 0.504. The van der Waals surface area contributed by atoms with Crippen LogP contribution in [0.5, 0.6) is 0 Å². The molecule has 1 amide bonds. The maximum Gasteiger partial charge on any atom is 0.329 e. The first-order chi connectivity index (χ1) is 8.49. The number of carbonyl (C=O) groups is 2. The molecular formula is C12H21NO5. The highest BCUT2D eigenvalue weighted by Crippen LogP contribution is 2.13. The average Bonchev–Trinajstić information content (AvgIpc) is 2.34. The third-order valence-corrected chi connectivity index (χ3v) is 2.78. The fraction of sp³-hybridized carbons (Fsp3) is 0.833. The monoisotopic (exact) mass is 259 g/mol. The lowest BCUT2D eigenvalue weighted by Crippen LogP contribution is -2.43. The summed E-state index contributed by atoms with van der Waals surface area (Å²) < 4.78 is 10.5. The lowest BCUT2D eigenvalue weighted by atomic mass is 10.1. The molecule has 0 atom stereocenters. The van der Waals surface area contributed by atoms with Crippen LogP contribution in [0.2, 0.25) is 0 Å². The van der Waals surface area contributed by atoms with E-state index < -0.39 is 5.97 Å². The van der Waals surface area contributed by atoms with Crippen molar-refractivity contribution >= 4 is 11.9 Å². The van der Waals surface area contributed by atoms with Gasteiger partial charge in [-0.05, 0) is 26.7 Å². The van der Waals surface area contributed by atoms with Gasteiger partial charge in [0.1, 0.15) is 13.2 Å². The average molecular weight is 259 g/mol. The van der Waals surface area contributed by atoms with Gasteiger partial charge in [0.05, 0.1) is 12.2 Å². The zero-order valence-corrected chi connectivity index (χ0v) is 10.9. The lowest BCUT2D eigenvalue weighted by Gasteiger charge is -2.31. The molecule has 0 aliphatic carbocycles. The Bertz CT molecular complexity index is 284. The molecule has 0 aromatic carbocycles. The van der Waals surface area contributed by atoms with Gasteiger partial charge in [0.2, 0.25) is 5.91 Å². The van der Waals surface area contributed by atoms with Gasteiger partial charge in [0.15, 0.2) is 0 Å². The normalized spacial score (nSPS) is 17.2. The van der Waals surface area contributed by atoms with E-state index in [9.17, 15) is 9.59 Å². The zero-order valence-electron chi connectivity index (χ0n) is 10.9. The number of carboxylic acids is 1. The smallest absolute Gasteiger partial charge is 0.329 e. The first kappa shape index (κ1) is 14.9. The van der Waals surface area contributed by atoms with E-state index in [0.717, 1.165) is 0 Å². The number of hydrogen-bond acceptors (Lipinski definition) is 4. The molecule has 18 heavy (non-hydrogen) atoms. The Morgan fingerprint density at radius 3 is 2.39 bits per heavy atom. The van der Waals surface area contributed by atoms with Crippen molar-refractivity contribution in [3.05, 3.63) is 0 Å². The van der Waals surface area contributed by atoms with Crippen LogP contribution in [-0.4, -0.2) is 60.4 Å². The molecule has 1 saturated heterocycles. The molecule has 0 aromatic rings. The van der Waals surface area contributed by atoms with Crippen molar-refractivity contribution in [3.8, 4) is 0 Å². The fourth-order valence-electron chi connectivity index (χ4n) is 1.79. The van der Waals surface area contributed by atoms with Crippen LogP contribution < -0.4 is 0 Å². The molecule has 1 aliphatic heterocycles. The van der Waals surface area contributed by atoms with Gasteiger partial charge >= 0.3 is 5.97 Å². The number of nitrogens with zero attached hydrogens (tertiary/aromatic N) is 1. The van der Waals surface area contributed by atoms with Crippen LogP contribution >= 0.6 is 0 Å². The number of amides is 1. The molecule has 0 unspecified atom stereocenters. The Morgan fingerprint density at radius 1 is 1.28 bits per heavy atom. The van der Waals surface area contributed by atoms with Crippen LogP contribution in [0.25, 0.3) is 0 Å². The molecular weight excluding hydrogens is 238 g/mol. The fourth-order valence-corrected chi connectivity index (χ4v) is 1.79. The molecule has 104 valence electrons. The van der Waals surface area contributed by atoms with E-state index >= 15 is 0 Å². The molecule has 1 heterocycles. The lowest BCUT2D eigenvalue weighted by molar-refractivity contribution is -0.148. The minimum Gasteiger partial charge on any atom is -0.480 e. The highest BCUT2D eigenvalue weighted by Gasteiger charge is 2.23. The van der Waals surface area contributed by atoms with E-state index in [1.165, 1.54) is 0 Å². The van der Waals surface area contributed by atoms with Crippen molar-refractivity contribution in [3.63, 3.8) is 0 Å². The van der Waals surface area contributed by atoms with Crippen molar-refractivity contribution in [1.29, 1.82) is 0 Å². The zero-order chi connectivity index (χ0) is 13.5. The van der Waals surface area contributed by atoms with E-state index in [2.05, 4.69) is 0 Å². The summed E-state index contributed by atoms with van der Waals surface area (Å²) in [5.41, 5.74) is 0. The second-order valence-corrected chi connectivity index (χ2v) is 4.64. The summed E-state index contributed by atoms with van der Waals surface area (Å²) in [6, 6.07) is 0. The van der Waals surface area contributed by atoms with Crippen LogP contribution in [0.4, 0.5) is 0 Å². The Kier molecular flexibility index (Phi) is 6.07. The van der Waals surface area contributed by atoms with Crippen molar-refractivity contribution < 1.29 is 24.2 Å². The van der Waals surface area contributed by atoms with E-state index in [0.29, 0.717) is 25.9 Å². The summed E-state index contributed by atoms with van der Waals surface area (Å²) in [7, 11) is 0. The summed E-state index contributed by atoms with van der Waals surface area (Å²) in [5, 5.41) is 8.50. The number of hydrogen-bond donors (Lipinski definition) is 1. The maximum atomic E-state index is 11.7. The van der Waals surface area contributed by atoms with Crippen LogP contribution in [-0.2, 0) is 19.1 Å². The Balaban J connectivity index is 2.22. The highest BCUT2D eigenvalue weighted by molar-refractivity contribution is 5.77. The van der Waals surface area contributed by atoms with E-state index in [1.54, 1.807) is 4.90 Å². The highest BCUT2D eigenvalue weighted by atomic mass is 16.5.